The number of thiophene rings is 1. The highest BCUT2D eigenvalue weighted by Crippen LogP contribution is 2.40. The molecule has 0 fully saturated rings. The van der Waals surface area contributed by atoms with Gasteiger partial charge >= 0.3 is 5.97 Å². The van der Waals surface area contributed by atoms with Crippen molar-refractivity contribution in [3.8, 4) is 5.75 Å². The van der Waals surface area contributed by atoms with Crippen LogP contribution >= 0.6 is 11.3 Å². The van der Waals surface area contributed by atoms with E-state index in [0.29, 0.717) is 16.3 Å². The molecule has 5 rings (SSSR count). The number of nitro groups is 1. The van der Waals surface area contributed by atoms with E-state index in [4.69, 9.17) is 4.74 Å². The molecule has 190 valence electrons. The van der Waals surface area contributed by atoms with E-state index in [0.717, 1.165) is 42.5 Å². The zero-order chi connectivity index (χ0) is 26.5. The van der Waals surface area contributed by atoms with Crippen LogP contribution in [-0.2, 0) is 12.8 Å². The number of amides is 1. The quantitative estimate of drug-likeness (QED) is 0.0942. The molecule has 9 heteroatoms. The van der Waals surface area contributed by atoms with Gasteiger partial charge in [-0.1, -0.05) is 24.3 Å². The fraction of sp³-hybridized carbons (Fsp3) is 0.138. The standard InChI is InChI=1S/C29H23N3O5S/c33-27(31-21-8-2-1-3-9-21)26-24-11-4-5-12-25(24)38-28(26)30-18-19-13-15-23(16-14-19)37-29(34)20-7-6-10-22(17-20)32(35)36/h1-3,6-10,13-18H,4-5,11-12H2,(H,31,33). The Morgan fingerprint density at radius 1 is 0.974 bits per heavy atom. The van der Waals surface area contributed by atoms with Gasteiger partial charge in [0.2, 0.25) is 0 Å². The van der Waals surface area contributed by atoms with Gasteiger partial charge in [-0.3, -0.25) is 14.9 Å². The van der Waals surface area contributed by atoms with Crippen LogP contribution in [0.2, 0.25) is 0 Å². The molecule has 0 saturated heterocycles. The third kappa shape index (κ3) is 5.68. The van der Waals surface area contributed by atoms with Gasteiger partial charge in [0.25, 0.3) is 11.6 Å². The maximum absolute atomic E-state index is 13.2. The van der Waals surface area contributed by atoms with Crippen LogP contribution < -0.4 is 10.1 Å². The van der Waals surface area contributed by atoms with E-state index >= 15 is 0 Å². The second kappa shape index (κ2) is 11.2. The van der Waals surface area contributed by atoms with Crippen molar-refractivity contribution in [3.63, 3.8) is 0 Å². The van der Waals surface area contributed by atoms with Gasteiger partial charge in [0, 0.05) is 28.9 Å². The molecule has 1 aliphatic carbocycles. The highest BCUT2D eigenvalue weighted by Gasteiger charge is 2.25. The minimum atomic E-state index is -0.687. The number of fused-ring (bicyclic) bond motifs is 1. The zero-order valence-electron chi connectivity index (χ0n) is 20.3. The van der Waals surface area contributed by atoms with E-state index in [1.165, 1.54) is 29.1 Å². The molecule has 1 amide bonds. The van der Waals surface area contributed by atoms with Crippen molar-refractivity contribution in [1.82, 2.24) is 0 Å². The summed E-state index contributed by atoms with van der Waals surface area (Å²) in [6, 6.07) is 21.5. The van der Waals surface area contributed by atoms with E-state index in [1.54, 1.807) is 41.8 Å². The number of rotatable bonds is 7. The fourth-order valence-corrected chi connectivity index (χ4v) is 5.49. The predicted octanol–water partition coefficient (Wildman–Crippen LogP) is 6.76. The third-order valence-corrected chi connectivity index (χ3v) is 7.33. The summed E-state index contributed by atoms with van der Waals surface area (Å²) in [4.78, 5) is 41.9. The molecule has 4 aromatic rings. The lowest BCUT2D eigenvalue weighted by atomic mass is 9.95. The topological polar surface area (TPSA) is 111 Å². The summed E-state index contributed by atoms with van der Waals surface area (Å²) in [7, 11) is 0. The largest absolute Gasteiger partial charge is 0.423 e. The van der Waals surface area contributed by atoms with Crippen LogP contribution in [0.1, 0.15) is 49.6 Å². The number of aliphatic imine (C=N–C) groups is 1. The van der Waals surface area contributed by atoms with Gasteiger partial charge in [0.05, 0.1) is 16.1 Å². The van der Waals surface area contributed by atoms with Crippen LogP contribution in [0.4, 0.5) is 16.4 Å². The lowest BCUT2D eigenvalue weighted by Crippen LogP contribution is -2.14. The molecule has 1 heterocycles. The molecule has 0 unspecified atom stereocenters. The summed E-state index contributed by atoms with van der Waals surface area (Å²) >= 11 is 1.56. The number of hydrogen-bond donors (Lipinski definition) is 1. The molecule has 0 aliphatic heterocycles. The van der Waals surface area contributed by atoms with E-state index in [2.05, 4.69) is 10.3 Å². The van der Waals surface area contributed by atoms with Crippen molar-refractivity contribution in [2.45, 2.75) is 25.7 Å². The average molecular weight is 526 g/mol. The first-order valence-electron chi connectivity index (χ1n) is 12.1. The SMILES string of the molecule is O=C(Oc1ccc(C=Nc2sc3c(c2C(=O)Nc2ccccc2)CCCC3)cc1)c1cccc([N+](=O)[O-])c1. The van der Waals surface area contributed by atoms with Crippen LogP contribution in [0.25, 0.3) is 0 Å². The number of carbonyl (C=O) groups is 2. The number of nitrogens with one attached hydrogen (secondary N) is 1. The Bertz CT molecular complexity index is 1530. The zero-order valence-corrected chi connectivity index (χ0v) is 21.1. The predicted molar refractivity (Wildman–Crippen MR) is 147 cm³/mol. The highest BCUT2D eigenvalue weighted by molar-refractivity contribution is 7.16. The van der Waals surface area contributed by atoms with Crippen molar-refractivity contribution in [2.24, 2.45) is 4.99 Å². The average Bonchev–Trinajstić information content (AvgIpc) is 3.32. The second-order valence-electron chi connectivity index (χ2n) is 8.74. The number of hydrogen-bond acceptors (Lipinski definition) is 7. The Balaban J connectivity index is 1.32. The number of nitrogens with zero attached hydrogens (tertiary/aromatic N) is 2. The molecule has 1 N–H and O–H groups in total. The maximum Gasteiger partial charge on any atom is 0.343 e. The van der Waals surface area contributed by atoms with E-state index < -0.39 is 10.9 Å². The molecule has 0 bridgehead atoms. The van der Waals surface area contributed by atoms with Crippen LogP contribution in [0.3, 0.4) is 0 Å². The summed E-state index contributed by atoms with van der Waals surface area (Å²) in [5, 5.41) is 14.6. The molecule has 38 heavy (non-hydrogen) atoms. The molecule has 0 spiro atoms. The molecule has 1 aliphatic rings. The fourth-order valence-electron chi connectivity index (χ4n) is 4.26. The van der Waals surface area contributed by atoms with Gasteiger partial charge in [-0.2, -0.15) is 0 Å². The number of carbonyl (C=O) groups excluding carboxylic acids is 2. The molecule has 0 radical (unpaired) electrons. The third-order valence-electron chi connectivity index (χ3n) is 6.13. The van der Waals surface area contributed by atoms with Crippen molar-refractivity contribution in [2.75, 3.05) is 5.32 Å². The minimum absolute atomic E-state index is 0.0906. The molecular weight excluding hydrogens is 502 g/mol. The Morgan fingerprint density at radius 2 is 1.74 bits per heavy atom. The number of nitro benzene ring substituents is 1. The first-order chi connectivity index (χ1) is 18.5. The maximum atomic E-state index is 13.2. The van der Waals surface area contributed by atoms with Crippen LogP contribution in [0, 0.1) is 10.1 Å². The number of esters is 1. The van der Waals surface area contributed by atoms with E-state index in [1.807, 2.05) is 30.3 Å². The van der Waals surface area contributed by atoms with Gasteiger partial charge in [-0.25, -0.2) is 9.79 Å². The van der Waals surface area contributed by atoms with Crippen molar-refractivity contribution in [3.05, 3.63) is 116 Å². The van der Waals surface area contributed by atoms with Crippen molar-refractivity contribution in [1.29, 1.82) is 0 Å². The van der Waals surface area contributed by atoms with Crippen LogP contribution in [0.15, 0.2) is 83.9 Å². The van der Waals surface area contributed by atoms with E-state index in [-0.39, 0.29) is 17.2 Å². The first kappa shape index (κ1) is 25.0. The molecule has 8 nitrogen and oxygen atoms in total. The van der Waals surface area contributed by atoms with Crippen LogP contribution in [0.5, 0.6) is 5.75 Å². The number of anilines is 1. The van der Waals surface area contributed by atoms with Gasteiger partial charge in [-0.15, -0.1) is 11.3 Å². The Labute approximate surface area is 222 Å². The van der Waals surface area contributed by atoms with E-state index in [9.17, 15) is 19.7 Å². The van der Waals surface area contributed by atoms with Crippen molar-refractivity contribution >= 4 is 45.8 Å². The molecule has 1 aromatic heterocycles. The number of ether oxygens (including phenoxy) is 1. The Morgan fingerprint density at radius 3 is 2.50 bits per heavy atom. The smallest absolute Gasteiger partial charge is 0.343 e. The Kier molecular flexibility index (Phi) is 7.37. The van der Waals surface area contributed by atoms with Gasteiger partial charge in [-0.05, 0) is 79.3 Å². The first-order valence-corrected chi connectivity index (χ1v) is 12.9. The normalized spacial score (nSPS) is 12.6. The number of aryl methyl sites for hydroxylation is 1. The van der Waals surface area contributed by atoms with Gasteiger partial charge in [0.1, 0.15) is 10.8 Å². The molecule has 3 aromatic carbocycles. The minimum Gasteiger partial charge on any atom is -0.423 e. The molecule has 0 saturated carbocycles. The van der Waals surface area contributed by atoms with Crippen LogP contribution in [-0.4, -0.2) is 23.0 Å². The van der Waals surface area contributed by atoms with Gasteiger partial charge < -0.3 is 10.1 Å². The molecule has 0 atom stereocenters. The summed E-state index contributed by atoms with van der Waals surface area (Å²) in [5.41, 5.74) is 3.13. The summed E-state index contributed by atoms with van der Waals surface area (Å²) in [5.74, 6) is -0.548. The highest BCUT2D eigenvalue weighted by atomic mass is 32.1. The summed E-state index contributed by atoms with van der Waals surface area (Å²) in [6.45, 7) is 0. The summed E-state index contributed by atoms with van der Waals surface area (Å²) < 4.78 is 5.36. The lowest BCUT2D eigenvalue weighted by molar-refractivity contribution is -0.384. The summed E-state index contributed by atoms with van der Waals surface area (Å²) in [6.07, 6.45) is 5.65. The Hall–Kier alpha value is -4.63. The lowest BCUT2D eigenvalue weighted by Gasteiger charge is -2.12. The van der Waals surface area contributed by atoms with Crippen molar-refractivity contribution < 1.29 is 19.2 Å². The van der Waals surface area contributed by atoms with Gasteiger partial charge in [0.15, 0.2) is 0 Å². The number of para-hydroxylation sites is 1. The monoisotopic (exact) mass is 525 g/mol. The second-order valence-corrected chi connectivity index (χ2v) is 9.82. The number of non-ortho nitro benzene ring substituents is 1. The number of benzene rings is 3. The molecular formula is C29H23N3O5S.